The Morgan fingerprint density at radius 3 is 2.42 bits per heavy atom. The molecule has 1 aromatic carbocycles. The number of amides is 1. The quantitative estimate of drug-likeness (QED) is 0.398. The van der Waals surface area contributed by atoms with E-state index in [4.69, 9.17) is 16.6 Å². The molecule has 0 aliphatic carbocycles. The fourth-order valence-electron chi connectivity index (χ4n) is 2.23. The minimum absolute atomic E-state index is 0.0112. The van der Waals surface area contributed by atoms with E-state index in [1.54, 1.807) is 18.7 Å². The van der Waals surface area contributed by atoms with Gasteiger partial charge in [-0.2, -0.15) is 0 Å². The van der Waals surface area contributed by atoms with Crippen LogP contribution in [0.2, 0.25) is 0 Å². The molecule has 0 saturated carbocycles. The highest BCUT2D eigenvalue weighted by molar-refractivity contribution is 8.13. The summed E-state index contributed by atoms with van der Waals surface area (Å²) < 4.78 is 0. The molecule has 0 heterocycles. The van der Waals surface area contributed by atoms with Crippen LogP contribution in [0.15, 0.2) is 24.3 Å². The standard InChI is InChI=1S/C17H26N4OS2/c1-12(18)24-11-16(7-9-21-13(2)22)15-5-3-14(4-6-15)8-10-23-17(19)20/h3-6,16,18H,7-11H2,1-2H3,(H3,19,20)(H,21,22)/t16-/m0/s1. The molecule has 132 valence electrons. The number of thioether (sulfide) groups is 2. The molecule has 0 fully saturated rings. The largest absolute Gasteiger partial charge is 0.379 e. The summed E-state index contributed by atoms with van der Waals surface area (Å²) in [4.78, 5) is 11.0. The van der Waals surface area contributed by atoms with Crippen molar-refractivity contribution in [2.45, 2.75) is 32.6 Å². The molecule has 0 aliphatic heterocycles. The summed E-state index contributed by atoms with van der Waals surface area (Å²) >= 11 is 2.90. The Labute approximate surface area is 152 Å². The molecule has 24 heavy (non-hydrogen) atoms. The van der Waals surface area contributed by atoms with Gasteiger partial charge in [-0.05, 0) is 36.8 Å². The Balaban J connectivity index is 2.64. The van der Waals surface area contributed by atoms with Gasteiger partial charge in [0.1, 0.15) is 0 Å². The van der Waals surface area contributed by atoms with Gasteiger partial charge in [0.05, 0.1) is 5.04 Å². The van der Waals surface area contributed by atoms with Gasteiger partial charge < -0.3 is 11.1 Å². The van der Waals surface area contributed by atoms with Gasteiger partial charge in [0, 0.05) is 25.0 Å². The number of rotatable bonds is 9. The third-order valence-corrected chi connectivity index (χ3v) is 5.19. The lowest BCUT2D eigenvalue weighted by molar-refractivity contribution is -0.118. The van der Waals surface area contributed by atoms with E-state index in [0.29, 0.717) is 17.5 Å². The lowest BCUT2D eigenvalue weighted by Crippen LogP contribution is -2.23. The number of nitrogens with one attached hydrogen (secondary N) is 3. The van der Waals surface area contributed by atoms with Crippen LogP contribution in [0.1, 0.15) is 37.3 Å². The van der Waals surface area contributed by atoms with Crippen LogP contribution >= 0.6 is 23.5 Å². The minimum atomic E-state index is -0.0112. The van der Waals surface area contributed by atoms with Crippen LogP contribution in [0.25, 0.3) is 0 Å². The van der Waals surface area contributed by atoms with Gasteiger partial charge in [0.2, 0.25) is 5.91 Å². The van der Waals surface area contributed by atoms with E-state index in [0.717, 1.165) is 24.3 Å². The predicted octanol–water partition coefficient (Wildman–Crippen LogP) is 3.20. The van der Waals surface area contributed by atoms with Gasteiger partial charge in [0.25, 0.3) is 0 Å². The molecular formula is C17H26N4OS2. The Bertz CT molecular complexity index is 560. The lowest BCUT2D eigenvalue weighted by Gasteiger charge is -2.17. The summed E-state index contributed by atoms with van der Waals surface area (Å²) in [5.41, 5.74) is 7.80. The van der Waals surface area contributed by atoms with Gasteiger partial charge in [-0.25, -0.2) is 0 Å². The van der Waals surface area contributed by atoms with E-state index in [9.17, 15) is 4.79 Å². The van der Waals surface area contributed by atoms with E-state index < -0.39 is 0 Å². The summed E-state index contributed by atoms with van der Waals surface area (Å²) in [6.45, 7) is 3.97. The molecule has 0 spiro atoms. The molecule has 0 aliphatic rings. The van der Waals surface area contributed by atoms with Crippen molar-refractivity contribution in [1.82, 2.24) is 5.32 Å². The van der Waals surface area contributed by atoms with Crippen molar-refractivity contribution in [1.29, 1.82) is 10.8 Å². The fourth-order valence-corrected chi connectivity index (χ4v) is 3.60. The van der Waals surface area contributed by atoms with E-state index in [2.05, 4.69) is 29.6 Å². The molecule has 0 unspecified atom stereocenters. The van der Waals surface area contributed by atoms with Gasteiger partial charge in [-0.15, -0.1) is 11.8 Å². The molecule has 1 amide bonds. The average Bonchev–Trinajstić information content (AvgIpc) is 2.50. The monoisotopic (exact) mass is 366 g/mol. The lowest BCUT2D eigenvalue weighted by atomic mass is 9.96. The minimum Gasteiger partial charge on any atom is -0.379 e. The first kappa shape index (κ1) is 20.6. The van der Waals surface area contributed by atoms with Crippen molar-refractivity contribution in [3.63, 3.8) is 0 Å². The molecule has 5 N–H and O–H groups in total. The van der Waals surface area contributed by atoms with Crippen molar-refractivity contribution < 1.29 is 4.79 Å². The second-order valence-corrected chi connectivity index (χ2v) is 7.91. The van der Waals surface area contributed by atoms with Crippen molar-refractivity contribution in [3.8, 4) is 0 Å². The summed E-state index contributed by atoms with van der Waals surface area (Å²) in [5.74, 6) is 1.95. The van der Waals surface area contributed by atoms with Crippen LogP contribution in [0.3, 0.4) is 0 Å². The van der Waals surface area contributed by atoms with Crippen molar-refractivity contribution in [2.24, 2.45) is 5.73 Å². The van der Waals surface area contributed by atoms with Crippen LogP contribution in [0.4, 0.5) is 0 Å². The van der Waals surface area contributed by atoms with Crippen LogP contribution in [-0.2, 0) is 11.2 Å². The van der Waals surface area contributed by atoms with Gasteiger partial charge in [-0.1, -0.05) is 36.0 Å². The molecule has 0 radical (unpaired) electrons. The second kappa shape index (κ2) is 11.1. The van der Waals surface area contributed by atoms with E-state index in [1.165, 1.54) is 29.8 Å². The molecule has 1 rings (SSSR count). The van der Waals surface area contributed by atoms with Crippen molar-refractivity contribution in [3.05, 3.63) is 35.4 Å². The maximum Gasteiger partial charge on any atom is 0.216 e. The number of nitrogens with two attached hydrogens (primary N) is 1. The van der Waals surface area contributed by atoms with Crippen LogP contribution in [0.5, 0.6) is 0 Å². The number of aryl methyl sites for hydroxylation is 1. The molecular weight excluding hydrogens is 340 g/mol. The number of hydrogen-bond donors (Lipinski definition) is 4. The Hall–Kier alpha value is -1.47. The second-order valence-electron chi connectivity index (χ2n) is 5.54. The molecule has 0 saturated heterocycles. The highest BCUT2D eigenvalue weighted by atomic mass is 32.2. The number of amidine groups is 1. The molecule has 0 aromatic heterocycles. The fraction of sp³-hybridized carbons (Fsp3) is 0.471. The van der Waals surface area contributed by atoms with Crippen LogP contribution in [0, 0.1) is 10.8 Å². The Kier molecular flexibility index (Phi) is 9.56. The first-order chi connectivity index (χ1) is 11.4. The molecule has 1 aromatic rings. The number of carbonyl (C=O) groups is 1. The van der Waals surface area contributed by atoms with Crippen LogP contribution in [-0.4, -0.2) is 34.2 Å². The maximum atomic E-state index is 11.0. The predicted molar refractivity (Wildman–Crippen MR) is 106 cm³/mol. The summed E-state index contributed by atoms with van der Waals surface area (Å²) in [5, 5.41) is 18.4. The third kappa shape index (κ3) is 8.98. The topological polar surface area (TPSA) is 103 Å². The smallest absolute Gasteiger partial charge is 0.216 e. The molecule has 1 atom stereocenters. The van der Waals surface area contributed by atoms with E-state index in [-0.39, 0.29) is 11.1 Å². The normalized spacial score (nSPS) is 11.8. The van der Waals surface area contributed by atoms with Crippen molar-refractivity contribution in [2.75, 3.05) is 18.1 Å². The summed E-state index contributed by atoms with van der Waals surface area (Å²) in [7, 11) is 0. The number of hydrogen-bond acceptors (Lipinski definition) is 5. The number of benzene rings is 1. The molecule has 7 heteroatoms. The summed E-state index contributed by atoms with van der Waals surface area (Å²) in [6, 6.07) is 8.49. The van der Waals surface area contributed by atoms with Crippen molar-refractivity contribution >= 4 is 39.6 Å². The third-order valence-electron chi connectivity index (χ3n) is 3.47. The van der Waals surface area contributed by atoms with Gasteiger partial charge >= 0.3 is 0 Å². The van der Waals surface area contributed by atoms with E-state index >= 15 is 0 Å². The zero-order chi connectivity index (χ0) is 17.9. The number of carbonyl (C=O) groups excluding carboxylic acids is 1. The first-order valence-corrected chi connectivity index (χ1v) is 9.83. The molecule has 5 nitrogen and oxygen atoms in total. The Morgan fingerprint density at radius 1 is 1.21 bits per heavy atom. The SMILES string of the molecule is CC(=N)SC[C@H](CCNC(C)=O)c1ccc(CCSC(=N)N)cc1. The zero-order valence-electron chi connectivity index (χ0n) is 14.2. The highest BCUT2D eigenvalue weighted by Crippen LogP contribution is 2.25. The molecule has 0 bridgehead atoms. The first-order valence-electron chi connectivity index (χ1n) is 7.86. The van der Waals surface area contributed by atoms with Crippen LogP contribution < -0.4 is 11.1 Å². The summed E-state index contributed by atoms with van der Waals surface area (Å²) in [6.07, 6.45) is 1.74. The van der Waals surface area contributed by atoms with Gasteiger partial charge in [-0.3, -0.25) is 15.6 Å². The maximum absolute atomic E-state index is 11.0. The van der Waals surface area contributed by atoms with Gasteiger partial charge in [0.15, 0.2) is 5.17 Å². The Morgan fingerprint density at radius 2 is 1.88 bits per heavy atom. The highest BCUT2D eigenvalue weighted by Gasteiger charge is 2.12. The zero-order valence-corrected chi connectivity index (χ0v) is 15.9. The average molecular weight is 367 g/mol. The van der Waals surface area contributed by atoms with E-state index in [1.807, 2.05) is 0 Å².